The van der Waals surface area contributed by atoms with Crippen LogP contribution in [0, 0.1) is 0 Å². The average Bonchev–Trinajstić information content (AvgIpc) is 2.69. The predicted octanol–water partition coefficient (Wildman–Crippen LogP) is 2.98. The summed E-state index contributed by atoms with van der Waals surface area (Å²) in [5, 5.41) is 0.630. The van der Waals surface area contributed by atoms with Gasteiger partial charge in [-0.2, -0.15) is 0 Å². The zero-order valence-electron chi connectivity index (χ0n) is 7.40. The molecule has 0 saturated carbocycles. The Kier molecular flexibility index (Phi) is 1.49. The molecular formula is C11H8N2S. The fourth-order valence-corrected chi connectivity index (χ4v) is 2.40. The van der Waals surface area contributed by atoms with Gasteiger partial charge in [0.1, 0.15) is 0 Å². The molecule has 0 atom stereocenters. The van der Waals surface area contributed by atoms with E-state index in [9.17, 15) is 0 Å². The molecule has 0 fully saturated rings. The molecule has 2 aliphatic rings. The second kappa shape index (κ2) is 2.69. The van der Waals surface area contributed by atoms with Gasteiger partial charge in [0.25, 0.3) is 0 Å². The molecular weight excluding hydrogens is 192 g/mol. The Morgan fingerprint density at radius 3 is 2.86 bits per heavy atom. The fourth-order valence-electron chi connectivity index (χ4n) is 1.63. The molecule has 0 unspecified atom stereocenters. The second-order valence-electron chi connectivity index (χ2n) is 3.22. The highest BCUT2D eigenvalue weighted by atomic mass is 32.1. The van der Waals surface area contributed by atoms with Gasteiger partial charge in [0, 0.05) is 0 Å². The van der Waals surface area contributed by atoms with E-state index in [0.717, 1.165) is 10.2 Å². The summed E-state index contributed by atoms with van der Waals surface area (Å²) in [6, 6.07) is 12.5. The third-order valence-electron chi connectivity index (χ3n) is 2.29. The minimum absolute atomic E-state index is 0.630. The SMILES string of the molecule is Nc1nc2ccc3cccc-3cc2s1. The highest BCUT2D eigenvalue weighted by Crippen LogP contribution is 2.29. The van der Waals surface area contributed by atoms with Gasteiger partial charge in [-0.1, -0.05) is 35.6 Å². The maximum Gasteiger partial charge on any atom is 0.181 e. The van der Waals surface area contributed by atoms with Crippen molar-refractivity contribution in [3.8, 4) is 11.1 Å². The largest absolute Gasteiger partial charge is 0.375 e. The molecule has 0 amide bonds. The van der Waals surface area contributed by atoms with Crippen molar-refractivity contribution in [2.24, 2.45) is 0 Å². The van der Waals surface area contributed by atoms with Gasteiger partial charge >= 0.3 is 0 Å². The van der Waals surface area contributed by atoms with E-state index in [2.05, 4.69) is 35.3 Å². The molecule has 2 aliphatic carbocycles. The van der Waals surface area contributed by atoms with Crippen LogP contribution < -0.4 is 5.73 Å². The Morgan fingerprint density at radius 2 is 1.93 bits per heavy atom. The number of fused-ring (bicyclic) bond motifs is 2. The molecule has 0 radical (unpaired) electrons. The predicted molar refractivity (Wildman–Crippen MR) is 60.7 cm³/mol. The normalized spacial score (nSPS) is 11.1. The number of rotatable bonds is 0. The number of thiazole rings is 1. The summed E-state index contributed by atoms with van der Waals surface area (Å²) < 4.78 is 1.14. The standard InChI is InChI=1S/C11H8N2S/c12-11-13-9-5-4-7-2-1-3-8(7)6-10(9)14-11/h1-6H,(H2,12,13). The molecule has 14 heavy (non-hydrogen) atoms. The smallest absolute Gasteiger partial charge is 0.181 e. The zero-order valence-corrected chi connectivity index (χ0v) is 8.21. The molecule has 3 rings (SSSR count). The molecule has 68 valence electrons. The van der Waals surface area contributed by atoms with Crippen LogP contribution in [-0.4, -0.2) is 4.98 Å². The first-order chi connectivity index (χ1) is 6.83. The first-order valence-corrected chi connectivity index (χ1v) is 5.19. The molecule has 3 heteroatoms. The van der Waals surface area contributed by atoms with Crippen LogP contribution in [0.3, 0.4) is 0 Å². The fraction of sp³-hybridized carbons (Fsp3) is 0. The van der Waals surface area contributed by atoms with Crippen LogP contribution in [-0.2, 0) is 0 Å². The maximum absolute atomic E-state index is 5.66. The third-order valence-corrected chi connectivity index (χ3v) is 3.14. The van der Waals surface area contributed by atoms with Gasteiger partial charge in [-0.05, 0) is 23.3 Å². The van der Waals surface area contributed by atoms with E-state index in [1.807, 2.05) is 6.07 Å². The van der Waals surface area contributed by atoms with Crippen molar-refractivity contribution < 1.29 is 0 Å². The number of hydrogen-bond acceptors (Lipinski definition) is 3. The summed E-state index contributed by atoms with van der Waals surface area (Å²) in [4.78, 5) is 4.25. The molecule has 0 aliphatic heterocycles. The van der Waals surface area contributed by atoms with Crippen LogP contribution in [0.5, 0.6) is 0 Å². The molecule has 0 spiro atoms. The van der Waals surface area contributed by atoms with E-state index in [4.69, 9.17) is 5.73 Å². The van der Waals surface area contributed by atoms with Crippen LogP contribution >= 0.6 is 11.3 Å². The summed E-state index contributed by atoms with van der Waals surface area (Å²) in [6.45, 7) is 0. The van der Waals surface area contributed by atoms with Crippen molar-refractivity contribution in [2.45, 2.75) is 0 Å². The van der Waals surface area contributed by atoms with Crippen LogP contribution in [0.15, 0.2) is 36.4 Å². The zero-order chi connectivity index (χ0) is 9.54. The van der Waals surface area contributed by atoms with Crippen LogP contribution in [0.25, 0.3) is 21.3 Å². The maximum atomic E-state index is 5.66. The first kappa shape index (κ1) is 7.76. The Balaban J connectivity index is 2.46. The number of hydrogen-bond donors (Lipinski definition) is 1. The minimum atomic E-state index is 0.630. The van der Waals surface area contributed by atoms with Gasteiger partial charge in [-0.3, -0.25) is 0 Å². The van der Waals surface area contributed by atoms with E-state index in [0.29, 0.717) is 5.13 Å². The van der Waals surface area contributed by atoms with Crippen molar-refractivity contribution in [3.05, 3.63) is 36.4 Å². The van der Waals surface area contributed by atoms with Crippen molar-refractivity contribution in [1.82, 2.24) is 4.98 Å². The quantitative estimate of drug-likeness (QED) is 0.606. The molecule has 0 saturated heterocycles. The number of aromatic nitrogens is 1. The van der Waals surface area contributed by atoms with Gasteiger partial charge in [0.2, 0.25) is 0 Å². The van der Waals surface area contributed by atoms with Gasteiger partial charge in [-0.15, -0.1) is 0 Å². The monoisotopic (exact) mass is 200 g/mol. The van der Waals surface area contributed by atoms with E-state index in [1.54, 1.807) is 0 Å². The average molecular weight is 200 g/mol. The Hall–Kier alpha value is -1.61. The summed E-state index contributed by atoms with van der Waals surface area (Å²) in [5.41, 5.74) is 9.12. The van der Waals surface area contributed by atoms with Crippen molar-refractivity contribution in [2.75, 3.05) is 5.73 Å². The lowest BCUT2D eigenvalue weighted by atomic mass is 10.2. The van der Waals surface area contributed by atoms with Gasteiger partial charge < -0.3 is 5.73 Å². The first-order valence-electron chi connectivity index (χ1n) is 4.38. The molecule has 0 bridgehead atoms. The molecule has 0 aromatic carbocycles. The Bertz CT molecular complexity index is 571. The lowest BCUT2D eigenvalue weighted by Crippen LogP contribution is -1.78. The molecule has 1 aromatic rings. The van der Waals surface area contributed by atoms with Crippen molar-refractivity contribution in [1.29, 1.82) is 0 Å². The summed E-state index contributed by atoms with van der Waals surface area (Å²) in [5.74, 6) is 0. The lowest BCUT2D eigenvalue weighted by molar-refractivity contribution is 1.50. The van der Waals surface area contributed by atoms with E-state index < -0.39 is 0 Å². The van der Waals surface area contributed by atoms with E-state index in [1.165, 1.54) is 22.5 Å². The molecule has 2 nitrogen and oxygen atoms in total. The second-order valence-corrected chi connectivity index (χ2v) is 4.28. The Morgan fingerprint density at radius 1 is 1.07 bits per heavy atom. The number of nitrogens with two attached hydrogens (primary N) is 1. The minimum Gasteiger partial charge on any atom is -0.375 e. The summed E-state index contributed by atoms with van der Waals surface area (Å²) in [6.07, 6.45) is 0. The highest BCUT2D eigenvalue weighted by Gasteiger charge is 2.03. The molecule has 1 heterocycles. The highest BCUT2D eigenvalue weighted by molar-refractivity contribution is 7.22. The Labute approximate surface area is 85.3 Å². The third kappa shape index (κ3) is 1.06. The van der Waals surface area contributed by atoms with Gasteiger partial charge in [0.15, 0.2) is 5.13 Å². The van der Waals surface area contributed by atoms with Gasteiger partial charge in [-0.25, -0.2) is 4.98 Å². The molecule has 1 aromatic heterocycles. The van der Waals surface area contributed by atoms with E-state index >= 15 is 0 Å². The number of nitrogen functional groups attached to an aromatic ring is 1. The van der Waals surface area contributed by atoms with Crippen LogP contribution in [0.1, 0.15) is 0 Å². The van der Waals surface area contributed by atoms with Crippen LogP contribution in [0.4, 0.5) is 5.13 Å². The topological polar surface area (TPSA) is 38.9 Å². The summed E-state index contributed by atoms with van der Waals surface area (Å²) >= 11 is 1.53. The lowest BCUT2D eigenvalue weighted by Gasteiger charge is -1.87. The number of anilines is 1. The summed E-state index contributed by atoms with van der Waals surface area (Å²) in [7, 11) is 0. The van der Waals surface area contributed by atoms with Crippen molar-refractivity contribution >= 4 is 26.7 Å². The van der Waals surface area contributed by atoms with Crippen molar-refractivity contribution in [3.63, 3.8) is 0 Å². The molecule has 2 N–H and O–H groups in total. The van der Waals surface area contributed by atoms with Crippen LogP contribution in [0.2, 0.25) is 0 Å². The van der Waals surface area contributed by atoms with Gasteiger partial charge in [0.05, 0.1) is 10.2 Å². The number of nitrogens with zero attached hydrogens (tertiary/aromatic N) is 1. The van der Waals surface area contributed by atoms with E-state index in [-0.39, 0.29) is 0 Å².